The highest BCUT2D eigenvalue weighted by atomic mass is 32.1. The Balaban J connectivity index is 1.75. The van der Waals surface area contributed by atoms with Gasteiger partial charge in [-0.3, -0.25) is 14.2 Å². The van der Waals surface area contributed by atoms with E-state index in [9.17, 15) is 14.4 Å². The number of aryl methyl sites for hydroxylation is 1. The Labute approximate surface area is 254 Å². The molecule has 3 aromatic heterocycles. The zero-order valence-corrected chi connectivity index (χ0v) is 26.3. The first-order valence-corrected chi connectivity index (χ1v) is 15.3. The molecular weight excluding hydrogens is 570 g/mol. The van der Waals surface area contributed by atoms with Crippen LogP contribution in [0.5, 0.6) is 5.75 Å². The molecular formula is C31H39N5O6S. The number of methoxy groups -OCH3 is 1. The van der Waals surface area contributed by atoms with Crippen molar-refractivity contribution in [3.8, 4) is 10.8 Å². The van der Waals surface area contributed by atoms with Crippen LogP contribution in [0.15, 0.2) is 52.3 Å². The number of thiophene rings is 1. The smallest absolute Gasteiger partial charge is 0.333 e. The quantitative estimate of drug-likeness (QED) is 0.290. The Hall–Kier alpha value is -3.74. The molecule has 1 fully saturated rings. The number of para-hydroxylation sites is 1. The normalized spacial score (nSPS) is 15.2. The predicted molar refractivity (Wildman–Crippen MR) is 165 cm³/mol. The van der Waals surface area contributed by atoms with Crippen molar-refractivity contribution >= 4 is 27.5 Å². The first-order chi connectivity index (χ1) is 20.5. The van der Waals surface area contributed by atoms with Gasteiger partial charge in [0.1, 0.15) is 27.2 Å². The van der Waals surface area contributed by atoms with Gasteiger partial charge in [-0.1, -0.05) is 29.5 Å². The average Bonchev–Trinajstić information content (AvgIpc) is 3.63. The predicted octanol–water partition coefficient (Wildman–Crippen LogP) is 3.92. The van der Waals surface area contributed by atoms with Crippen molar-refractivity contribution in [1.82, 2.24) is 24.2 Å². The summed E-state index contributed by atoms with van der Waals surface area (Å²) in [6.07, 6.45) is 4.23. The third-order valence-corrected chi connectivity index (χ3v) is 9.10. The number of hydrogen-bond donors (Lipinski definition) is 1. The number of fused-ring (bicyclic) bond motifs is 1. The first-order valence-electron chi connectivity index (χ1n) is 14.5. The van der Waals surface area contributed by atoms with E-state index in [1.807, 2.05) is 45.0 Å². The summed E-state index contributed by atoms with van der Waals surface area (Å²) in [7, 11) is 1.60. The van der Waals surface area contributed by atoms with E-state index in [2.05, 4.69) is 10.4 Å². The lowest BCUT2D eigenvalue weighted by molar-refractivity contribution is -0.129. The van der Waals surface area contributed by atoms with Gasteiger partial charge in [0.05, 0.1) is 25.1 Å². The maximum absolute atomic E-state index is 14.5. The van der Waals surface area contributed by atoms with E-state index in [4.69, 9.17) is 14.2 Å². The summed E-state index contributed by atoms with van der Waals surface area (Å²) in [5, 5.41) is 8.33. The van der Waals surface area contributed by atoms with Crippen LogP contribution in [-0.4, -0.2) is 57.3 Å². The fourth-order valence-corrected chi connectivity index (χ4v) is 6.74. The van der Waals surface area contributed by atoms with E-state index in [1.54, 1.807) is 48.7 Å². The highest BCUT2D eigenvalue weighted by Crippen LogP contribution is 2.35. The van der Waals surface area contributed by atoms with Gasteiger partial charge >= 0.3 is 5.69 Å². The lowest BCUT2D eigenvalue weighted by Crippen LogP contribution is -2.56. The minimum absolute atomic E-state index is 0.0845. The van der Waals surface area contributed by atoms with Gasteiger partial charge in [-0.05, 0) is 59.6 Å². The average molecular weight is 610 g/mol. The molecule has 11 nitrogen and oxygen atoms in total. The lowest BCUT2D eigenvalue weighted by Gasteiger charge is -2.30. The van der Waals surface area contributed by atoms with Crippen LogP contribution in [-0.2, 0) is 26.4 Å². The molecule has 43 heavy (non-hydrogen) atoms. The van der Waals surface area contributed by atoms with Crippen LogP contribution in [0.2, 0.25) is 0 Å². The second kappa shape index (κ2) is 12.5. The topological polar surface area (TPSA) is 119 Å². The molecule has 0 bridgehead atoms. The van der Waals surface area contributed by atoms with Crippen LogP contribution < -0.4 is 21.3 Å². The highest BCUT2D eigenvalue weighted by molar-refractivity contribution is 7.21. The molecule has 0 radical (unpaired) electrons. The molecule has 1 amide bonds. The van der Waals surface area contributed by atoms with Crippen molar-refractivity contribution in [3.05, 3.63) is 74.7 Å². The SMILES string of the molecule is COc1ccccc1C(Cn1c(=O)n(C(C)(C)C(=O)NC(C)C)c(=O)c2c(C)c(-n3cccn3)sc21)OC1CCOCC1. The molecule has 0 aliphatic carbocycles. The maximum atomic E-state index is 14.5. The second-order valence-corrected chi connectivity index (χ2v) is 12.5. The van der Waals surface area contributed by atoms with Crippen LogP contribution in [0.3, 0.4) is 0 Å². The molecule has 1 aliphatic rings. The molecule has 4 aromatic rings. The van der Waals surface area contributed by atoms with Crippen molar-refractivity contribution in [1.29, 1.82) is 0 Å². The van der Waals surface area contributed by atoms with Crippen molar-refractivity contribution in [3.63, 3.8) is 0 Å². The zero-order chi connectivity index (χ0) is 30.9. The highest BCUT2D eigenvalue weighted by Gasteiger charge is 2.36. The molecule has 4 heterocycles. The standard InChI is InChI=1S/C31H39N5O6S/c1-19(2)33-29(38)31(4,5)36-26(37)25-20(3)27(35-15-9-14-32-35)43-28(25)34(30(36)39)18-24(42-21-12-16-41-17-13-21)22-10-7-8-11-23(22)40-6/h7-11,14-15,19,21,24H,12-13,16-18H2,1-6H3,(H,33,38). The summed E-state index contributed by atoms with van der Waals surface area (Å²) in [4.78, 5) is 42.6. The molecule has 1 aromatic carbocycles. The summed E-state index contributed by atoms with van der Waals surface area (Å²) in [5.74, 6) is 0.209. The Morgan fingerprint density at radius 1 is 1.19 bits per heavy atom. The Morgan fingerprint density at radius 2 is 1.91 bits per heavy atom. The van der Waals surface area contributed by atoms with Crippen LogP contribution in [0.4, 0.5) is 0 Å². The monoisotopic (exact) mass is 609 g/mol. The molecule has 0 saturated carbocycles. The summed E-state index contributed by atoms with van der Waals surface area (Å²) in [6.45, 7) is 9.98. The molecule has 0 spiro atoms. The van der Waals surface area contributed by atoms with Crippen molar-refractivity contribution in [2.45, 2.75) is 77.8 Å². The molecule has 1 saturated heterocycles. The number of benzene rings is 1. The molecule has 230 valence electrons. The Kier molecular flexibility index (Phi) is 8.91. The molecule has 1 unspecified atom stereocenters. The third kappa shape index (κ3) is 5.91. The number of ether oxygens (including phenoxy) is 3. The van der Waals surface area contributed by atoms with Crippen molar-refractivity contribution in [2.24, 2.45) is 0 Å². The lowest BCUT2D eigenvalue weighted by atomic mass is 10.0. The number of nitrogens with zero attached hydrogens (tertiary/aromatic N) is 4. The van der Waals surface area contributed by atoms with E-state index in [1.165, 1.54) is 11.3 Å². The third-order valence-electron chi connectivity index (χ3n) is 7.79. The summed E-state index contributed by atoms with van der Waals surface area (Å²) < 4.78 is 22.3. The van der Waals surface area contributed by atoms with Gasteiger partial charge in [0, 0.05) is 42.8 Å². The number of nitrogens with one attached hydrogen (secondary N) is 1. The first kappa shape index (κ1) is 30.7. The summed E-state index contributed by atoms with van der Waals surface area (Å²) >= 11 is 1.31. The molecule has 1 aliphatic heterocycles. The minimum atomic E-state index is -1.48. The van der Waals surface area contributed by atoms with E-state index < -0.39 is 28.8 Å². The van der Waals surface area contributed by atoms with Crippen LogP contribution >= 0.6 is 11.3 Å². The zero-order valence-electron chi connectivity index (χ0n) is 25.5. The van der Waals surface area contributed by atoms with Gasteiger partial charge in [-0.15, -0.1) is 0 Å². The largest absolute Gasteiger partial charge is 0.496 e. The fraction of sp³-hybridized carbons (Fsp3) is 0.484. The van der Waals surface area contributed by atoms with Gasteiger partial charge in [0.2, 0.25) is 5.91 Å². The number of carbonyl (C=O) groups is 1. The maximum Gasteiger partial charge on any atom is 0.333 e. The van der Waals surface area contributed by atoms with Gasteiger partial charge in [-0.25, -0.2) is 14.0 Å². The fourth-order valence-electron chi connectivity index (χ4n) is 5.49. The van der Waals surface area contributed by atoms with Gasteiger partial charge < -0.3 is 19.5 Å². The van der Waals surface area contributed by atoms with Crippen molar-refractivity contribution < 1.29 is 19.0 Å². The number of rotatable bonds is 10. The molecule has 1 atom stereocenters. The minimum Gasteiger partial charge on any atom is -0.496 e. The number of aromatic nitrogens is 4. The van der Waals surface area contributed by atoms with E-state index in [0.717, 1.165) is 23.0 Å². The van der Waals surface area contributed by atoms with E-state index >= 15 is 0 Å². The van der Waals surface area contributed by atoms with Crippen LogP contribution in [0.25, 0.3) is 15.2 Å². The van der Waals surface area contributed by atoms with Gasteiger partial charge in [0.15, 0.2) is 0 Å². The number of carbonyl (C=O) groups excluding carboxylic acids is 1. The van der Waals surface area contributed by atoms with Crippen LogP contribution in [0, 0.1) is 6.92 Å². The number of hydrogen-bond acceptors (Lipinski definition) is 8. The molecule has 1 N–H and O–H groups in total. The van der Waals surface area contributed by atoms with Gasteiger partial charge in [-0.2, -0.15) is 5.10 Å². The number of amides is 1. The summed E-state index contributed by atoms with van der Waals surface area (Å²) in [5.41, 5.74) is -1.13. The van der Waals surface area contributed by atoms with Crippen molar-refractivity contribution in [2.75, 3.05) is 20.3 Å². The Bertz CT molecular complexity index is 1710. The molecule has 5 rings (SSSR count). The summed E-state index contributed by atoms with van der Waals surface area (Å²) in [6, 6.07) is 9.20. The second-order valence-electron chi connectivity index (χ2n) is 11.6. The van der Waals surface area contributed by atoms with E-state index in [-0.39, 0.29) is 18.7 Å². The van der Waals surface area contributed by atoms with Gasteiger partial charge in [0.25, 0.3) is 5.56 Å². The molecule has 12 heteroatoms. The van der Waals surface area contributed by atoms with Crippen LogP contribution in [0.1, 0.15) is 57.8 Å². The van der Waals surface area contributed by atoms with E-state index in [0.29, 0.717) is 39.7 Å². The Morgan fingerprint density at radius 3 is 2.56 bits per heavy atom.